The van der Waals surface area contributed by atoms with Gasteiger partial charge >= 0.3 is 12.5 Å². The third kappa shape index (κ3) is 4.50. The van der Waals surface area contributed by atoms with Crippen molar-refractivity contribution in [1.29, 1.82) is 0 Å². The highest BCUT2D eigenvalue weighted by atomic mass is 19.4. The summed E-state index contributed by atoms with van der Waals surface area (Å²) in [5.74, 6) is -0.377. The maximum absolute atomic E-state index is 13.1. The summed E-state index contributed by atoms with van der Waals surface area (Å²) >= 11 is 0. The third-order valence-corrected chi connectivity index (χ3v) is 7.21. The predicted molar refractivity (Wildman–Crippen MR) is 140 cm³/mol. The number of nitrogens with zero attached hydrogens (tertiary/aromatic N) is 2. The molecule has 1 fully saturated rings. The van der Waals surface area contributed by atoms with Crippen molar-refractivity contribution in [3.8, 4) is 22.8 Å². The molecule has 3 aromatic carbocycles. The van der Waals surface area contributed by atoms with Crippen molar-refractivity contribution in [3.63, 3.8) is 0 Å². The minimum absolute atomic E-state index is 0.209. The number of carbonyl (C=O) groups excluding carboxylic acids is 2. The second-order valence-corrected chi connectivity index (χ2v) is 9.74. The molecule has 1 aliphatic heterocycles. The Morgan fingerprint density at radius 1 is 1.02 bits per heavy atom. The van der Waals surface area contributed by atoms with E-state index < -0.39 is 24.0 Å². The van der Waals surface area contributed by atoms with Gasteiger partial charge in [-0.05, 0) is 49.7 Å². The molecule has 2 aromatic heterocycles. The Labute approximate surface area is 230 Å². The summed E-state index contributed by atoms with van der Waals surface area (Å²) in [7, 11) is 1.54. The molecule has 2 amide bonds. The van der Waals surface area contributed by atoms with E-state index in [0.29, 0.717) is 55.7 Å². The first-order chi connectivity index (χ1) is 19.5. The summed E-state index contributed by atoms with van der Waals surface area (Å²) in [5.41, 5.74) is 2.50. The highest BCUT2D eigenvalue weighted by molar-refractivity contribution is 6.05. The summed E-state index contributed by atoms with van der Waals surface area (Å²) in [5, 5.41) is 7.77. The maximum atomic E-state index is 13.1. The summed E-state index contributed by atoms with van der Waals surface area (Å²) < 4.78 is 61.4. The molecule has 5 aromatic rings. The van der Waals surface area contributed by atoms with E-state index >= 15 is 0 Å². The highest BCUT2D eigenvalue weighted by Gasteiger charge is 2.46. The van der Waals surface area contributed by atoms with Crippen molar-refractivity contribution in [2.45, 2.75) is 32.4 Å². The van der Waals surface area contributed by atoms with Crippen LogP contribution in [0.3, 0.4) is 0 Å². The normalized spacial score (nSPS) is 17.2. The zero-order valence-corrected chi connectivity index (χ0v) is 22.0. The molecular formula is C29H22F3N3O6. The number of benzene rings is 3. The molecule has 0 aliphatic carbocycles. The first-order valence-corrected chi connectivity index (χ1v) is 12.4. The number of nitrogens with one attached hydrogen (secondary N) is 1. The molecule has 0 unspecified atom stereocenters. The smallest absolute Gasteiger partial charge is 0.497 e. The SMILES string of the molecule is COc1ccc2c(-c3c(C)n(Cc4cccc([C@]5(C)OC(=O)NC5=O)c4)c4cc(OC(F)(F)F)ccc34)noc2c1. The Morgan fingerprint density at radius 2 is 1.78 bits per heavy atom. The molecule has 0 bridgehead atoms. The zero-order chi connectivity index (χ0) is 29.1. The number of amides is 2. The van der Waals surface area contributed by atoms with Gasteiger partial charge < -0.3 is 23.3 Å². The predicted octanol–water partition coefficient (Wildman–Crippen LogP) is 6.20. The highest BCUT2D eigenvalue weighted by Crippen LogP contribution is 2.41. The van der Waals surface area contributed by atoms with Gasteiger partial charge in [-0.3, -0.25) is 10.1 Å². The molecule has 1 N–H and O–H groups in total. The van der Waals surface area contributed by atoms with Crippen LogP contribution in [0.25, 0.3) is 33.1 Å². The van der Waals surface area contributed by atoms with Gasteiger partial charge in [0.05, 0.1) is 18.0 Å². The average Bonchev–Trinajstić information content (AvgIpc) is 3.54. The van der Waals surface area contributed by atoms with Gasteiger partial charge in [-0.15, -0.1) is 13.2 Å². The summed E-state index contributed by atoms with van der Waals surface area (Å²) in [6.07, 6.45) is -5.71. The van der Waals surface area contributed by atoms with Crippen molar-refractivity contribution in [2.75, 3.05) is 7.11 Å². The van der Waals surface area contributed by atoms with Crippen LogP contribution in [-0.2, 0) is 21.7 Å². The summed E-state index contributed by atoms with van der Waals surface area (Å²) in [6, 6.07) is 16.3. The fraction of sp³-hybridized carbons (Fsp3) is 0.207. The van der Waals surface area contributed by atoms with E-state index in [-0.39, 0.29) is 12.3 Å². The molecule has 12 heteroatoms. The van der Waals surface area contributed by atoms with Crippen molar-refractivity contribution in [3.05, 3.63) is 77.5 Å². The number of alkyl carbamates (subject to hydrolysis) is 1. The van der Waals surface area contributed by atoms with Crippen LogP contribution >= 0.6 is 0 Å². The molecule has 0 radical (unpaired) electrons. The lowest BCUT2D eigenvalue weighted by Crippen LogP contribution is -2.33. The molecule has 1 aliphatic rings. The number of methoxy groups -OCH3 is 1. The number of hydrogen-bond donors (Lipinski definition) is 1. The van der Waals surface area contributed by atoms with E-state index in [9.17, 15) is 22.8 Å². The monoisotopic (exact) mass is 565 g/mol. The number of hydrogen-bond acceptors (Lipinski definition) is 7. The van der Waals surface area contributed by atoms with Crippen LogP contribution in [-0.4, -0.2) is 35.2 Å². The maximum Gasteiger partial charge on any atom is 0.573 e. The van der Waals surface area contributed by atoms with E-state index in [1.807, 2.05) is 17.6 Å². The average molecular weight is 566 g/mol. The van der Waals surface area contributed by atoms with Crippen LogP contribution in [0.2, 0.25) is 0 Å². The third-order valence-electron chi connectivity index (χ3n) is 7.21. The van der Waals surface area contributed by atoms with E-state index in [0.717, 1.165) is 0 Å². The minimum atomic E-state index is -4.87. The lowest BCUT2D eigenvalue weighted by atomic mass is 9.94. The van der Waals surface area contributed by atoms with E-state index in [1.165, 1.54) is 26.2 Å². The molecule has 6 rings (SSSR count). The molecule has 0 saturated carbocycles. The lowest BCUT2D eigenvalue weighted by Gasteiger charge is -2.20. The number of cyclic esters (lactones) is 1. The van der Waals surface area contributed by atoms with Crippen LogP contribution in [0.4, 0.5) is 18.0 Å². The number of fused-ring (bicyclic) bond motifs is 2. The Balaban J connectivity index is 1.50. The van der Waals surface area contributed by atoms with Gasteiger partial charge in [0.2, 0.25) is 5.60 Å². The van der Waals surface area contributed by atoms with E-state index in [2.05, 4.69) is 15.2 Å². The van der Waals surface area contributed by atoms with Gasteiger partial charge in [-0.25, -0.2) is 4.79 Å². The molecule has 1 atom stereocenters. The first-order valence-electron chi connectivity index (χ1n) is 12.4. The standard InChI is InChI=1S/C29H22F3N3O6/c1-15-24(25-21-10-7-18(38-3)13-23(21)41-34-25)20-9-8-19(39-29(30,31)32)12-22(20)35(15)14-16-5-4-6-17(11-16)28(2)26(36)33-27(37)40-28/h4-13H,14H2,1-3H3,(H,33,36,37)/t28-/m0/s1. The van der Waals surface area contributed by atoms with Gasteiger partial charge in [-0.1, -0.05) is 23.4 Å². The van der Waals surface area contributed by atoms with Crippen LogP contribution in [0, 0.1) is 6.92 Å². The molecule has 1 saturated heterocycles. The number of rotatable bonds is 6. The van der Waals surface area contributed by atoms with Crippen LogP contribution in [0.15, 0.2) is 65.2 Å². The number of carbonyl (C=O) groups is 2. The van der Waals surface area contributed by atoms with Crippen LogP contribution < -0.4 is 14.8 Å². The Bertz CT molecular complexity index is 1860. The van der Waals surface area contributed by atoms with Gasteiger partial charge in [0, 0.05) is 40.9 Å². The molecule has 3 heterocycles. The summed E-state index contributed by atoms with van der Waals surface area (Å²) in [4.78, 5) is 24.2. The Hall–Kier alpha value is -5.00. The number of aromatic nitrogens is 2. The summed E-state index contributed by atoms with van der Waals surface area (Å²) in [6.45, 7) is 3.54. The second-order valence-electron chi connectivity index (χ2n) is 9.74. The van der Waals surface area contributed by atoms with Crippen LogP contribution in [0.5, 0.6) is 11.5 Å². The van der Waals surface area contributed by atoms with E-state index in [4.69, 9.17) is 14.0 Å². The number of alkyl halides is 3. The zero-order valence-electron chi connectivity index (χ0n) is 22.0. The van der Waals surface area contributed by atoms with Crippen molar-refractivity contribution >= 4 is 33.9 Å². The Kier molecular flexibility index (Phi) is 5.94. The molecule has 9 nitrogen and oxygen atoms in total. The van der Waals surface area contributed by atoms with Gasteiger partial charge in [0.15, 0.2) is 5.58 Å². The molecular weight excluding hydrogens is 543 g/mol. The quantitative estimate of drug-likeness (QED) is 0.262. The number of halogens is 3. The fourth-order valence-electron chi connectivity index (χ4n) is 5.19. The lowest BCUT2D eigenvalue weighted by molar-refractivity contribution is -0.274. The van der Waals surface area contributed by atoms with Crippen molar-refractivity contribution in [2.24, 2.45) is 0 Å². The van der Waals surface area contributed by atoms with Gasteiger partial charge in [0.1, 0.15) is 17.2 Å². The minimum Gasteiger partial charge on any atom is -0.497 e. The Morgan fingerprint density at radius 3 is 2.49 bits per heavy atom. The second kappa shape index (κ2) is 9.29. The molecule has 41 heavy (non-hydrogen) atoms. The van der Waals surface area contributed by atoms with Gasteiger partial charge in [-0.2, -0.15) is 0 Å². The number of imide groups is 1. The molecule has 210 valence electrons. The fourth-order valence-corrected chi connectivity index (χ4v) is 5.19. The first kappa shape index (κ1) is 26.2. The largest absolute Gasteiger partial charge is 0.573 e. The topological polar surface area (TPSA) is 105 Å². The molecule has 0 spiro atoms. The van der Waals surface area contributed by atoms with Crippen LogP contribution in [0.1, 0.15) is 23.7 Å². The van der Waals surface area contributed by atoms with E-state index in [1.54, 1.807) is 42.5 Å². The van der Waals surface area contributed by atoms with Crippen molar-refractivity contribution < 1.29 is 41.5 Å². The number of ether oxygens (including phenoxy) is 3. The van der Waals surface area contributed by atoms with Gasteiger partial charge in [0.25, 0.3) is 5.91 Å². The van der Waals surface area contributed by atoms with Crippen molar-refractivity contribution in [1.82, 2.24) is 15.0 Å².